The zero-order valence-corrected chi connectivity index (χ0v) is 12.5. The molecule has 2 rings (SSSR count). The molecule has 5 heteroatoms. The highest BCUT2D eigenvalue weighted by Gasteiger charge is 2.05. The molecule has 2 aromatic rings. The number of nitrogens with zero attached hydrogens (tertiary/aromatic N) is 1. The molecule has 0 aliphatic carbocycles. The van der Waals surface area contributed by atoms with Crippen molar-refractivity contribution in [2.75, 3.05) is 6.26 Å². The van der Waals surface area contributed by atoms with Gasteiger partial charge in [-0.05, 0) is 35.4 Å². The number of sulfone groups is 1. The van der Waals surface area contributed by atoms with Crippen molar-refractivity contribution in [3.8, 4) is 6.07 Å². The molecule has 0 bridgehead atoms. The van der Waals surface area contributed by atoms with Crippen LogP contribution in [0.25, 0.3) is 0 Å². The molecule has 108 valence electrons. The minimum atomic E-state index is -3.14. The van der Waals surface area contributed by atoms with E-state index in [0.29, 0.717) is 23.5 Å². The summed E-state index contributed by atoms with van der Waals surface area (Å²) >= 11 is 0. The van der Waals surface area contributed by atoms with Crippen LogP contribution in [0.15, 0.2) is 53.4 Å². The topological polar surface area (TPSA) is 70.0 Å². The Bertz CT molecular complexity index is 760. The van der Waals surface area contributed by atoms with Crippen LogP contribution in [0.1, 0.15) is 16.7 Å². The minimum absolute atomic E-state index is 0.327. The minimum Gasteiger partial charge on any atom is -0.309 e. The second kappa shape index (κ2) is 6.53. The number of hydrogen-bond donors (Lipinski definition) is 1. The van der Waals surface area contributed by atoms with Crippen molar-refractivity contribution < 1.29 is 8.42 Å². The summed E-state index contributed by atoms with van der Waals surface area (Å²) in [6.07, 6.45) is 1.20. The van der Waals surface area contributed by atoms with Crippen LogP contribution in [0, 0.1) is 11.3 Å². The van der Waals surface area contributed by atoms with Crippen molar-refractivity contribution >= 4 is 9.84 Å². The van der Waals surface area contributed by atoms with Crippen LogP contribution >= 0.6 is 0 Å². The number of hydrogen-bond acceptors (Lipinski definition) is 4. The van der Waals surface area contributed by atoms with Gasteiger partial charge < -0.3 is 5.32 Å². The average Bonchev–Trinajstić information content (AvgIpc) is 2.47. The highest BCUT2D eigenvalue weighted by atomic mass is 32.2. The van der Waals surface area contributed by atoms with E-state index >= 15 is 0 Å². The highest BCUT2D eigenvalue weighted by Crippen LogP contribution is 2.10. The van der Waals surface area contributed by atoms with Gasteiger partial charge in [0.2, 0.25) is 0 Å². The van der Waals surface area contributed by atoms with Crippen LogP contribution in [0.3, 0.4) is 0 Å². The molecular weight excluding hydrogens is 284 g/mol. The predicted molar refractivity (Wildman–Crippen MR) is 81.3 cm³/mol. The van der Waals surface area contributed by atoms with Crippen molar-refractivity contribution in [2.24, 2.45) is 0 Å². The number of rotatable bonds is 5. The van der Waals surface area contributed by atoms with Crippen LogP contribution in [0.4, 0.5) is 0 Å². The first-order chi connectivity index (χ1) is 9.99. The third-order valence-corrected chi connectivity index (χ3v) is 4.19. The summed E-state index contributed by atoms with van der Waals surface area (Å²) < 4.78 is 22.7. The number of nitrogens with one attached hydrogen (secondary N) is 1. The van der Waals surface area contributed by atoms with E-state index in [1.165, 1.54) is 6.26 Å². The normalized spacial score (nSPS) is 11.0. The first-order valence-electron chi connectivity index (χ1n) is 6.48. The summed E-state index contributed by atoms with van der Waals surface area (Å²) in [4.78, 5) is 0.327. The Balaban J connectivity index is 1.93. The molecule has 0 spiro atoms. The summed E-state index contributed by atoms with van der Waals surface area (Å²) in [5, 5.41) is 12.1. The molecule has 0 saturated carbocycles. The molecule has 2 aromatic carbocycles. The standard InChI is InChI=1S/C16H16N2O2S/c1-21(19,20)16-7-5-13(6-8-16)11-18-12-15-4-2-3-14(9-15)10-17/h2-9,18H,11-12H2,1H3. The average molecular weight is 300 g/mol. The van der Waals surface area contributed by atoms with Crippen LogP contribution < -0.4 is 5.32 Å². The Morgan fingerprint density at radius 1 is 1.05 bits per heavy atom. The van der Waals surface area contributed by atoms with E-state index < -0.39 is 9.84 Å². The maximum Gasteiger partial charge on any atom is 0.175 e. The molecule has 0 heterocycles. The van der Waals surface area contributed by atoms with Gasteiger partial charge in [0.05, 0.1) is 16.5 Å². The maximum absolute atomic E-state index is 11.4. The van der Waals surface area contributed by atoms with Gasteiger partial charge in [-0.25, -0.2) is 8.42 Å². The Hall–Kier alpha value is -2.16. The molecule has 0 fully saturated rings. The van der Waals surface area contributed by atoms with E-state index in [0.717, 1.165) is 11.1 Å². The third kappa shape index (κ3) is 4.42. The fourth-order valence-electron chi connectivity index (χ4n) is 1.96. The van der Waals surface area contributed by atoms with Gasteiger partial charge in [-0.1, -0.05) is 24.3 Å². The maximum atomic E-state index is 11.4. The fourth-order valence-corrected chi connectivity index (χ4v) is 2.59. The third-order valence-electron chi connectivity index (χ3n) is 3.07. The molecule has 0 saturated heterocycles. The van der Waals surface area contributed by atoms with Crippen molar-refractivity contribution in [1.29, 1.82) is 5.26 Å². The molecule has 0 atom stereocenters. The van der Waals surface area contributed by atoms with Gasteiger partial charge in [-0.2, -0.15) is 5.26 Å². The summed E-state index contributed by atoms with van der Waals surface area (Å²) in [6, 6.07) is 16.4. The summed E-state index contributed by atoms with van der Waals surface area (Å²) in [5.74, 6) is 0. The van der Waals surface area contributed by atoms with Gasteiger partial charge in [0.1, 0.15) is 0 Å². The molecule has 0 aliphatic rings. The molecule has 0 aliphatic heterocycles. The molecule has 4 nitrogen and oxygen atoms in total. The lowest BCUT2D eigenvalue weighted by Gasteiger charge is -2.06. The molecule has 0 radical (unpaired) electrons. The van der Waals surface area contributed by atoms with Crippen LogP contribution in [-0.4, -0.2) is 14.7 Å². The summed E-state index contributed by atoms with van der Waals surface area (Å²) in [7, 11) is -3.14. The quantitative estimate of drug-likeness (QED) is 0.919. The lowest BCUT2D eigenvalue weighted by molar-refractivity contribution is 0.602. The van der Waals surface area contributed by atoms with Crippen molar-refractivity contribution in [3.05, 3.63) is 65.2 Å². The summed E-state index contributed by atoms with van der Waals surface area (Å²) in [6.45, 7) is 1.30. The fraction of sp³-hybridized carbons (Fsp3) is 0.188. The highest BCUT2D eigenvalue weighted by molar-refractivity contribution is 7.90. The van der Waals surface area contributed by atoms with Gasteiger partial charge in [0.25, 0.3) is 0 Å². The van der Waals surface area contributed by atoms with E-state index in [1.807, 2.05) is 18.2 Å². The van der Waals surface area contributed by atoms with Crippen molar-refractivity contribution in [2.45, 2.75) is 18.0 Å². The molecule has 0 amide bonds. The van der Waals surface area contributed by atoms with E-state index in [4.69, 9.17) is 5.26 Å². The Labute approximate surface area is 125 Å². The van der Waals surface area contributed by atoms with Crippen LogP contribution in [0.2, 0.25) is 0 Å². The van der Waals surface area contributed by atoms with E-state index in [2.05, 4.69) is 11.4 Å². The van der Waals surface area contributed by atoms with Crippen LogP contribution in [0.5, 0.6) is 0 Å². The first kappa shape index (κ1) is 15.2. The zero-order chi connectivity index (χ0) is 15.3. The smallest absolute Gasteiger partial charge is 0.175 e. The second-order valence-corrected chi connectivity index (χ2v) is 6.85. The van der Waals surface area contributed by atoms with Crippen molar-refractivity contribution in [3.63, 3.8) is 0 Å². The summed E-state index contributed by atoms with van der Waals surface area (Å²) in [5.41, 5.74) is 2.70. The van der Waals surface area contributed by atoms with E-state index in [1.54, 1.807) is 30.3 Å². The van der Waals surface area contributed by atoms with Crippen molar-refractivity contribution in [1.82, 2.24) is 5.32 Å². The lowest BCUT2D eigenvalue weighted by atomic mass is 10.1. The Morgan fingerprint density at radius 3 is 2.33 bits per heavy atom. The van der Waals surface area contributed by atoms with E-state index in [9.17, 15) is 8.42 Å². The van der Waals surface area contributed by atoms with E-state index in [-0.39, 0.29) is 0 Å². The van der Waals surface area contributed by atoms with Gasteiger partial charge in [0, 0.05) is 19.3 Å². The van der Waals surface area contributed by atoms with Gasteiger partial charge in [-0.15, -0.1) is 0 Å². The Morgan fingerprint density at radius 2 is 1.71 bits per heavy atom. The number of nitriles is 1. The number of benzene rings is 2. The molecule has 21 heavy (non-hydrogen) atoms. The van der Waals surface area contributed by atoms with Gasteiger partial charge >= 0.3 is 0 Å². The van der Waals surface area contributed by atoms with Gasteiger partial charge in [-0.3, -0.25) is 0 Å². The molecule has 1 N–H and O–H groups in total. The monoisotopic (exact) mass is 300 g/mol. The molecule has 0 unspecified atom stereocenters. The van der Waals surface area contributed by atoms with Gasteiger partial charge in [0.15, 0.2) is 9.84 Å². The van der Waals surface area contributed by atoms with Crippen LogP contribution in [-0.2, 0) is 22.9 Å². The lowest BCUT2D eigenvalue weighted by Crippen LogP contribution is -2.12. The Kier molecular flexibility index (Phi) is 4.73. The predicted octanol–water partition coefficient (Wildman–Crippen LogP) is 2.25. The molecule has 0 aromatic heterocycles. The largest absolute Gasteiger partial charge is 0.309 e. The first-order valence-corrected chi connectivity index (χ1v) is 8.37. The SMILES string of the molecule is CS(=O)(=O)c1ccc(CNCc2cccc(C#N)c2)cc1. The zero-order valence-electron chi connectivity index (χ0n) is 11.7. The molecular formula is C16H16N2O2S. The second-order valence-electron chi connectivity index (χ2n) is 4.83.